The highest BCUT2D eigenvalue weighted by molar-refractivity contribution is 5.63. The Labute approximate surface area is 110 Å². The molecule has 0 spiro atoms. The highest BCUT2D eigenvalue weighted by Gasteiger charge is 2.33. The van der Waals surface area contributed by atoms with E-state index in [0.717, 1.165) is 6.42 Å². The average molecular weight is 268 g/mol. The van der Waals surface area contributed by atoms with Crippen molar-refractivity contribution in [2.24, 2.45) is 5.92 Å². The van der Waals surface area contributed by atoms with Crippen LogP contribution in [0.15, 0.2) is 6.33 Å². The fourth-order valence-electron chi connectivity index (χ4n) is 2.27. The van der Waals surface area contributed by atoms with Crippen molar-refractivity contribution in [3.05, 3.63) is 16.4 Å². The largest absolute Gasteiger partial charge is 0.476 e. The van der Waals surface area contributed by atoms with Crippen LogP contribution >= 0.6 is 0 Å². The SMILES string of the molecule is COc1ncnc(N2CCC(C(C)O)C2)c1[N+](=O)[O-]. The van der Waals surface area contributed by atoms with Crippen molar-refractivity contribution in [2.45, 2.75) is 19.4 Å². The van der Waals surface area contributed by atoms with Gasteiger partial charge in [0.05, 0.1) is 18.1 Å². The maximum atomic E-state index is 11.1. The van der Waals surface area contributed by atoms with E-state index in [1.165, 1.54) is 13.4 Å². The fourth-order valence-corrected chi connectivity index (χ4v) is 2.27. The summed E-state index contributed by atoms with van der Waals surface area (Å²) in [5.41, 5.74) is -0.226. The van der Waals surface area contributed by atoms with E-state index in [1.807, 2.05) is 0 Å². The molecule has 0 saturated carbocycles. The van der Waals surface area contributed by atoms with Crippen molar-refractivity contribution >= 4 is 11.5 Å². The molecular weight excluding hydrogens is 252 g/mol. The lowest BCUT2D eigenvalue weighted by Crippen LogP contribution is -2.25. The molecule has 104 valence electrons. The lowest BCUT2D eigenvalue weighted by molar-refractivity contribution is -0.385. The summed E-state index contributed by atoms with van der Waals surface area (Å²) in [6.45, 7) is 2.89. The quantitative estimate of drug-likeness (QED) is 0.630. The molecule has 1 aromatic rings. The predicted molar refractivity (Wildman–Crippen MR) is 67.2 cm³/mol. The van der Waals surface area contributed by atoms with Crippen LogP contribution in [0, 0.1) is 16.0 Å². The Hall–Kier alpha value is -1.96. The van der Waals surface area contributed by atoms with Gasteiger partial charge in [-0.25, -0.2) is 4.98 Å². The summed E-state index contributed by atoms with van der Waals surface area (Å²) in [6.07, 6.45) is 1.59. The normalized spacial score (nSPS) is 20.4. The maximum absolute atomic E-state index is 11.1. The van der Waals surface area contributed by atoms with Crippen molar-refractivity contribution in [3.63, 3.8) is 0 Å². The molecule has 0 radical (unpaired) electrons. The molecule has 2 rings (SSSR count). The molecule has 0 bridgehead atoms. The Bertz CT molecular complexity index is 480. The lowest BCUT2D eigenvalue weighted by Gasteiger charge is -2.18. The van der Waals surface area contributed by atoms with Crippen LogP contribution in [0.2, 0.25) is 0 Å². The number of nitrogens with zero attached hydrogens (tertiary/aromatic N) is 4. The van der Waals surface area contributed by atoms with Crippen molar-refractivity contribution < 1.29 is 14.8 Å². The van der Waals surface area contributed by atoms with Crippen molar-refractivity contribution in [1.29, 1.82) is 0 Å². The van der Waals surface area contributed by atoms with Crippen LogP contribution in [0.25, 0.3) is 0 Å². The third kappa shape index (κ3) is 2.58. The van der Waals surface area contributed by atoms with Crippen LogP contribution in [-0.4, -0.2) is 46.3 Å². The van der Waals surface area contributed by atoms with Gasteiger partial charge in [0.15, 0.2) is 0 Å². The van der Waals surface area contributed by atoms with Gasteiger partial charge in [0.2, 0.25) is 5.82 Å². The van der Waals surface area contributed by atoms with Gasteiger partial charge in [-0.3, -0.25) is 10.1 Å². The number of aliphatic hydroxyl groups excluding tert-OH is 1. The van der Waals surface area contributed by atoms with Crippen LogP contribution in [0.3, 0.4) is 0 Å². The van der Waals surface area contributed by atoms with Gasteiger partial charge >= 0.3 is 5.69 Å². The summed E-state index contributed by atoms with van der Waals surface area (Å²) >= 11 is 0. The van der Waals surface area contributed by atoms with Gasteiger partial charge in [-0.15, -0.1) is 0 Å². The van der Waals surface area contributed by atoms with Gasteiger partial charge in [-0.1, -0.05) is 0 Å². The molecule has 2 atom stereocenters. The molecule has 2 unspecified atom stereocenters. The first-order valence-electron chi connectivity index (χ1n) is 6.01. The van der Waals surface area contributed by atoms with Crippen LogP contribution in [-0.2, 0) is 0 Å². The van der Waals surface area contributed by atoms with E-state index in [4.69, 9.17) is 4.74 Å². The van der Waals surface area contributed by atoms with Crippen molar-refractivity contribution in [3.8, 4) is 5.88 Å². The number of hydrogen-bond acceptors (Lipinski definition) is 7. The second-order valence-corrected chi connectivity index (χ2v) is 4.55. The molecule has 8 heteroatoms. The standard InChI is InChI=1S/C11H16N4O4/c1-7(16)8-3-4-14(5-8)10-9(15(17)18)11(19-2)13-6-12-10/h6-8,16H,3-5H2,1-2H3. The molecule has 0 amide bonds. The van der Waals surface area contributed by atoms with Gasteiger partial charge in [-0.2, -0.15) is 4.98 Å². The summed E-state index contributed by atoms with van der Waals surface area (Å²) in [4.78, 5) is 20.1. The van der Waals surface area contributed by atoms with E-state index in [0.29, 0.717) is 13.1 Å². The van der Waals surface area contributed by atoms with Gasteiger partial charge in [0.25, 0.3) is 5.88 Å². The molecule has 2 heterocycles. The van der Waals surface area contributed by atoms with E-state index >= 15 is 0 Å². The molecular formula is C11H16N4O4. The van der Waals surface area contributed by atoms with Gasteiger partial charge < -0.3 is 14.7 Å². The van der Waals surface area contributed by atoms with E-state index in [1.54, 1.807) is 11.8 Å². The van der Waals surface area contributed by atoms with Crippen LogP contribution in [0.1, 0.15) is 13.3 Å². The Morgan fingerprint density at radius 3 is 2.89 bits per heavy atom. The highest BCUT2D eigenvalue weighted by Crippen LogP contribution is 2.36. The minimum absolute atomic E-state index is 0.0458. The Kier molecular flexibility index (Phi) is 3.79. The number of ether oxygens (including phenoxy) is 1. The molecule has 0 aromatic carbocycles. The Balaban J connectivity index is 2.33. The predicted octanol–water partition coefficient (Wildman–Crippen LogP) is 0.601. The number of nitro groups is 1. The zero-order valence-electron chi connectivity index (χ0n) is 10.8. The lowest BCUT2D eigenvalue weighted by atomic mass is 10.0. The third-order valence-electron chi connectivity index (χ3n) is 3.35. The molecule has 1 saturated heterocycles. The van der Waals surface area contributed by atoms with Gasteiger partial charge in [-0.05, 0) is 13.3 Å². The van der Waals surface area contributed by atoms with Crippen LogP contribution < -0.4 is 9.64 Å². The van der Waals surface area contributed by atoms with Gasteiger partial charge in [0, 0.05) is 19.0 Å². The van der Waals surface area contributed by atoms with E-state index in [2.05, 4.69) is 9.97 Å². The first-order valence-corrected chi connectivity index (χ1v) is 6.01. The zero-order chi connectivity index (χ0) is 14.0. The highest BCUT2D eigenvalue weighted by atomic mass is 16.6. The average Bonchev–Trinajstić information content (AvgIpc) is 2.87. The van der Waals surface area contributed by atoms with Gasteiger partial charge in [0.1, 0.15) is 6.33 Å². The molecule has 1 fully saturated rings. The molecule has 1 aliphatic rings. The number of aliphatic hydroxyl groups is 1. The van der Waals surface area contributed by atoms with E-state index in [-0.39, 0.29) is 23.3 Å². The molecule has 1 aromatic heterocycles. The second-order valence-electron chi connectivity index (χ2n) is 4.55. The summed E-state index contributed by atoms with van der Waals surface area (Å²) < 4.78 is 4.91. The summed E-state index contributed by atoms with van der Waals surface area (Å²) in [7, 11) is 1.34. The summed E-state index contributed by atoms with van der Waals surface area (Å²) in [6, 6.07) is 0. The zero-order valence-corrected chi connectivity index (χ0v) is 10.8. The first-order chi connectivity index (χ1) is 9.04. The number of rotatable bonds is 4. The minimum atomic E-state index is -0.538. The molecule has 0 aliphatic carbocycles. The number of hydrogen-bond donors (Lipinski definition) is 1. The first kappa shape index (κ1) is 13.5. The van der Waals surface area contributed by atoms with Crippen LogP contribution in [0.5, 0.6) is 5.88 Å². The number of anilines is 1. The summed E-state index contributed by atoms with van der Waals surface area (Å²) in [5, 5.41) is 20.7. The fraction of sp³-hybridized carbons (Fsp3) is 0.636. The summed E-state index contributed by atoms with van der Waals surface area (Å²) in [5.74, 6) is 0.302. The second kappa shape index (κ2) is 5.35. The Morgan fingerprint density at radius 2 is 2.37 bits per heavy atom. The smallest absolute Gasteiger partial charge is 0.372 e. The van der Waals surface area contributed by atoms with Crippen molar-refractivity contribution in [2.75, 3.05) is 25.1 Å². The topological polar surface area (TPSA) is 102 Å². The maximum Gasteiger partial charge on any atom is 0.372 e. The van der Waals surface area contributed by atoms with E-state index < -0.39 is 11.0 Å². The Morgan fingerprint density at radius 1 is 1.63 bits per heavy atom. The van der Waals surface area contributed by atoms with Crippen LogP contribution in [0.4, 0.5) is 11.5 Å². The molecule has 8 nitrogen and oxygen atoms in total. The van der Waals surface area contributed by atoms with Crippen molar-refractivity contribution in [1.82, 2.24) is 9.97 Å². The molecule has 1 aliphatic heterocycles. The minimum Gasteiger partial charge on any atom is -0.476 e. The molecule has 19 heavy (non-hydrogen) atoms. The monoisotopic (exact) mass is 268 g/mol. The number of aromatic nitrogens is 2. The third-order valence-corrected chi connectivity index (χ3v) is 3.35. The van der Waals surface area contributed by atoms with E-state index in [9.17, 15) is 15.2 Å². The number of methoxy groups -OCH3 is 1. The molecule has 1 N–H and O–H groups in total.